The summed E-state index contributed by atoms with van der Waals surface area (Å²) in [6.07, 6.45) is 0.469. The first-order chi connectivity index (χ1) is 22.0. The molecular formula is C27H46N10O9S. The Balaban J connectivity index is 2.83. The Bertz CT molecular complexity index is 1210. The molecule has 20 heteroatoms. The largest absolute Gasteiger partial charge is 0.481 e. The van der Waals surface area contributed by atoms with E-state index in [4.69, 9.17) is 22.3 Å². The van der Waals surface area contributed by atoms with Crippen LogP contribution in [0.3, 0.4) is 0 Å². The molecule has 0 aliphatic carbocycles. The minimum Gasteiger partial charge on any atom is -0.481 e. The number of rotatable bonds is 19. The quantitative estimate of drug-likeness (QED) is 0.0268. The summed E-state index contributed by atoms with van der Waals surface area (Å²) in [5, 5.41) is 21.2. The van der Waals surface area contributed by atoms with E-state index >= 15 is 0 Å². The van der Waals surface area contributed by atoms with E-state index in [0.717, 1.165) is 0 Å². The lowest BCUT2D eigenvalue weighted by Crippen LogP contribution is -2.58. The van der Waals surface area contributed by atoms with Crippen LogP contribution in [-0.4, -0.2) is 119 Å². The molecule has 0 bridgehead atoms. The van der Waals surface area contributed by atoms with Crippen molar-refractivity contribution in [3.05, 3.63) is 0 Å². The molecular weight excluding hydrogens is 640 g/mol. The summed E-state index contributed by atoms with van der Waals surface area (Å²) in [5.74, 6) is -7.07. The van der Waals surface area contributed by atoms with Crippen molar-refractivity contribution in [2.24, 2.45) is 28.1 Å². The second-order valence-corrected chi connectivity index (χ2v) is 11.6. The maximum absolute atomic E-state index is 13.5. The first-order valence-electron chi connectivity index (χ1n) is 14.9. The second-order valence-electron chi connectivity index (χ2n) is 11.2. The maximum Gasteiger partial charge on any atom is 0.305 e. The Kier molecular flexibility index (Phi) is 17.0. The molecule has 7 amide bonds. The minimum absolute atomic E-state index is 0.122. The predicted molar refractivity (Wildman–Crippen MR) is 171 cm³/mol. The van der Waals surface area contributed by atoms with Crippen molar-refractivity contribution in [3.63, 3.8) is 0 Å². The van der Waals surface area contributed by atoms with Gasteiger partial charge in [0.2, 0.25) is 41.4 Å². The molecule has 0 spiro atoms. The number of nitrogens with one attached hydrogen (secondary N) is 5. The summed E-state index contributed by atoms with van der Waals surface area (Å²) in [7, 11) is 0. The summed E-state index contributed by atoms with van der Waals surface area (Å²) in [4.78, 5) is 104. The normalized spacial score (nSPS) is 16.5. The van der Waals surface area contributed by atoms with Gasteiger partial charge in [0.05, 0.1) is 13.0 Å². The number of thiol groups is 1. The fraction of sp³-hybridized carbons (Fsp3) is 0.667. The number of nitrogens with two attached hydrogens (primary N) is 3. The van der Waals surface area contributed by atoms with Crippen LogP contribution in [0.1, 0.15) is 52.9 Å². The molecule has 1 heterocycles. The number of primary amides is 1. The third-order valence-corrected chi connectivity index (χ3v) is 7.37. The smallest absolute Gasteiger partial charge is 0.305 e. The molecule has 0 aromatic heterocycles. The average Bonchev–Trinajstić information content (AvgIpc) is 3.47. The van der Waals surface area contributed by atoms with E-state index in [1.54, 1.807) is 13.8 Å². The van der Waals surface area contributed by atoms with Crippen LogP contribution in [0.2, 0.25) is 0 Å². The lowest BCUT2D eigenvalue weighted by atomic mass is 10.0. The van der Waals surface area contributed by atoms with E-state index in [-0.39, 0.29) is 37.6 Å². The van der Waals surface area contributed by atoms with Gasteiger partial charge < -0.3 is 53.8 Å². The van der Waals surface area contributed by atoms with Crippen molar-refractivity contribution in [2.75, 3.05) is 25.4 Å². The van der Waals surface area contributed by atoms with Crippen molar-refractivity contribution >= 4 is 65.9 Å². The number of carbonyl (C=O) groups is 8. The highest BCUT2D eigenvalue weighted by atomic mass is 32.1. The van der Waals surface area contributed by atoms with Crippen molar-refractivity contribution in [3.8, 4) is 0 Å². The van der Waals surface area contributed by atoms with Crippen molar-refractivity contribution in [2.45, 2.75) is 83.1 Å². The highest BCUT2D eigenvalue weighted by molar-refractivity contribution is 7.80. The number of carboxylic acids is 1. The lowest BCUT2D eigenvalue weighted by Gasteiger charge is -2.31. The van der Waals surface area contributed by atoms with Crippen molar-refractivity contribution < 1.29 is 43.5 Å². The van der Waals surface area contributed by atoms with Crippen molar-refractivity contribution in [1.82, 2.24) is 31.5 Å². The average molecular weight is 687 g/mol. The standard InChI is InChI=1S/C27H46N10O9S/c1-13(2)21(26(46)37-9-5-7-18(37)25(45)34-16(22(28)42)10-20(40)41)36-19(39)11-32-23(43)17(12-47)35-24(44)15(33-14(3)38)6-4-8-31-27(29)30/h13,15-18,21,47H,4-12H2,1-3H3,(H2,28,42)(H,32,43)(H,33,38)(H,34,45)(H,35,44)(H,36,39)(H,40,41)(H4,29,30,31). The van der Waals surface area contributed by atoms with E-state index in [1.165, 1.54) is 11.8 Å². The van der Waals surface area contributed by atoms with Gasteiger partial charge in [0.1, 0.15) is 30.2 Å². The number of carboxylic acid groups (broad SMARTS) is 1. The third-order valence-electron chi connectivity index (χ3n) is 7.00. The van der Waals surface area contributed by atoms with Crippen LogP contribution in [0.25, 0.3) is 0 Å². The van der Waals surface area contributed by atoms with Gasteiger partial charge in [-0.25, -0.2) is 0 Å². The highest BCUT2D eigenvalue weighted by Crippen LogP contribution is 2.21. The van der Waals surface area contributed by atoms with Crippen molar-refractivity contribution in [1.29, 1.82) is 0 Å². The first-order valence-corrected chi connectivity index (χ1v) is 15.5. The molecule has 1 aliphatic heterocycles. The summed E-state index contributed by atoms with van der Waals surface area (Å²) < 4.78 is 0. The fourth-order valence-corrected chi connectivity index (χ4v) is 4.92. The van der Waals surface area contributed by atoms with E-state index in [1.807, 2.05) is 0 Å². The highest BCUT2D eigenvalue weighted by Gasteiger charge is 2.39. The summed E-state index contributed by atoms with van der Waals surface area (Å²) in [6.45, 7) is 4.38. The predicted octanol–water partition coefficient (Wildman–Crippen LogP) is -4.35. The Morgan fingerprint density at radius 3 is 2.13 bits per heavy atom. The van der Waals surface area contributed by atoms with Gasteiger partial charge in [-0.3, -0.25) is 43.3 Å². The molecule has 1 saturated heterocycles. The van der Waals surface area contributed by atoms with E-state index in [2.05, 4.69) is 44.2 Å². The Morgan fingerprint density at radius 1 is 0.936 bits per heavy atom. The van der Waals surface area contributed by atoms with Crippen LogP contribution in [0.15, 0.2) is 4.99 Å². The monoisotopic (exact) mass is 686 g/mol. The molecule has 0 radical (unpaired) electrons. The Morgan fingerprint density at radius 2 is 1.60 bits per heavy atom. The molecule has 19 nitrogen and oxygen atoms in total. The van der Waals surface area contributed by atoms with Gasteiger partial charge in [-0.1, -0.05) is 13.8 Å². The number of aliphatic carboxylic acids is 1. The number of nitrogens with zero attached hydrogens (tertiary/aromatic N) is 2. The van der Waals surface area contributed by atoms with Crippen LogP contribution in [0, 0.1) is 5.92 Å². The molecule has 0 saturated carbocycles. The number of guanidine groups is 1. The number of carbonyl (C=O) groups excluding carboxylic acids is 7. The van der Waals surface area contributed by atoms with Gasteiger partial charge in [-0.05, 0) is 31.6 Å². The number of hydrogen-bond acceptors (Lipinski definition) is 10. The molecule has 1 aliphatic rings. The zero-order valence-corrected chi connectivity index (χ0v) is 27.5. The van der Waals surface area contributed by atoms with Crippen LogP contribution in [0.5, 0.6) is 0 Å². The minimum atomic E-state index is -1.47. The number of likely N-dealkylation sites (tertiary alicyclic amines) is 1. The molecule has 5 unspecified atom stereocenters. The van der Waals surface area contributed by atoms with Crippen LogP contribution in [-0.2, 0) is 38.4 Å². The van der Waals surface area contributed by atoms with Gasteiger partial charge in [-0.2, -0.15) is 12.6 Å². The molecule has 0 aromatic rings. The van der Waals surface area contributed by atoms with Gasteiger partial charge >= 0.3 is 5.97 Å². The zero-order valence-electron chi connectivity index (χ0n) is 26.6. The van der Waals surface area contributed by atoms with Gasteiger partial charge in [0.15, 0.2) is 5.96 Å². The van der Waals surface area contributed by atoms with Gasteiger partial charge in [0, 0.05) is 25.8 Å². The van der Waals surface area contributed by atoms with Crippen LogP contribution in [0.4, 0.5) is 0 Å². The summed E-state index contributed by atoms with van der Waals surface area (Å²) >= 11 is 4.11. The first kappa shape index (κ1) is 40.4. The van der Waals surface area contributed by atoms with Gasteiger partial charge in [0.25, 0.3) is 0 Å². The summed E-state index contributed by atoms with van der Waals surface area (Å²) in [5.41, 5.74) is 15.8. The second kappa shape index (κ2) is 19.8. The van der Waals surface area contributed by atoms with Gasteiger partial charge in [-0.15, -0.1) is 0 Å². The molecule has 47 heavy (non-hydrogen) atoms. The Hall–Kier alpha value is -4.62. The number of aliphatic imine (C=N–C) groups is 1. The number of amides is 7. The zero-order chi connectivity index (χ0) is 35.8. The molecule has 12 N–H and O–H groups in total. The SMILES string of the molecule is CC(=O)NC(CCCN=C(N)N)C(=O)NC(CS)C(=O)NCC(=O)NC(C(=O)N1CCCC1C(=O)NC(CC(=O)O)C(N)=O)C(C)C. The topological polar surface area (TPSA) is 311 Å². The molecule has 1 rings (SSSR count). The van der Waals surface area contributed by atoms with E-state index in [9.17, 15) is 38.4 Å². The Labute approximate surface area is 277 Å². The van der Waals surface area contributed by atoms with Crippen LogP contribution < -0.4 is 43.8 Å². The van der Waals surface area contributed by atoms with E-state index < -0.39 is 96.4 Å². The molecule has 264 valence electrons. The fourth-order valence-electron chi connectivity index (χ4n) is 4.66. The maximum atomic E-state index is 13.5. The molecule has 0 aromatic carbocycles. The van der Waals surface area contributed by atoms with E-state index in [0.29, 0.717) is 12.8 Å². The lowest BCUT2D eigenvalue weighted by molar-refractivity contribution is -0.144. The molecule has 5 atom stereocenters. The van der Waals surface area contributed by atoms with Crippen LogP contribution >= 0.6 is 12.6 Å². The summed E-state index contributed by atoms with van der Waals surface area (Å²) in [6, 6.07) is -5.77. The third kappa shape index (κ3) is 14.1. The molecule has 1 fully saturated rings. The number of hydrogen-bond donors (Lipinski definition) is 10.